The van der Waals surface area contributed by atoms with Gasteiger partial charge in [-0.15, -0.1) is 0 Å². The smallest absolute Gasteiger partial charge is 0.178 e. The highest BCUT2D eigenvalue weighted by Crippen LogP contribution is 2.26. The Bertz CT molecular complexity index is 2450. The second kappa shape index (κ2) is 11.5. The molecule has 12 bridgehead atoms. The summed E-state index contributed by atoms with van der Waals surface area (Å²) in [5.41, 5.74) is 10.4. The number of fused-ring (bicyclic) bond motifs is 18. The average molecular weight is 619 g/mol. The van der Waals surface area contributed by atoms with Gasteiger partial charge < -0.3 is 0 Å². The van der Waals surface area contributed by atoms with Crippen LogP contribution in [0, 0.1) is 0 Å². The molecule has 10 nitrogen and oxygen atoms in total. The Balaban J connectivity index is 1.47. The van der Waals surface area contributed by atoms with E-state index in [2.05, 4.69) is 19.9 Å². The molecule has 0 saturated heterocycles. The van der Waals surface area contributed by atoms with Crippen molar-refractivity contribution in [3.05, 3.63) is 134 Å². The number of aromatic nitrogens is 10. The highest BCUT2D eigenvalue weighted by atomic mass is 14.9. The third-order valence-electron chi connectivity index (χ3n) is 7.93. The van der Waals surface area contributed by atoms with Gasteiger partial charge in [0.05, 0.1) is 22.1 Å². The summed E-state index contributed by atoms with van der Waals surface area (Å²) in [5.74, 6) is 0. The predicted octanol–water partition coefficient (Wildman–Crippen LogP) is 7.58. The Kier molecular flexibility index (Phi) is 6.53. The lowest BCUT2D eigenvalue weighted by Gasteiger charge is -2.05. The van der Waals surface area contributed by atoms with Gasteiger partial charge in [-0.2, -0.15) is 0 Å². The highest BCUT2D eigenvalue weighted by molar-refractivity contribution is 5.90. The molecule has 0 fully saturated rings. The van der Waals surface area contributed by atoms with Crippen molar-refractivity contribution in [3.63, 3.8) is 0 Å². The molecule has 7 heterocycles. The van der Waals surface area contributed by atoms with Crippen molar-refractivity contribution >= 4 is 66.7 Å². The minimum atomic E-state index is 0.441. The molecule has 10 heteroatoms. The molecule has 0 amide bonds. The van der Waals surface area contributed by atoms with E-state index >= 15 is 0 Å². The number of hydrogen-bond acceptors (Lipinski definition) is 10. The molecular weight excluding hydrogens is 596 g/mol. The minimum absolute atomic E-state index is 0.441. The largest absolute Gasteiger partial charge is 0.241 e. The van der Waals surface area contributed by atoms with Gasteiger partial charge >= 0.3 is 0 Å². The Hall–Kier alpha value is -6.94. The second-order valence-electron chi connectivity index (χ2n) is 11.0. The van der Waals surface area contributed by atoms with Gasteiger partial charge in [0, 0.05) is 24.8 Å². The molecule has 9 aromatic rings. The summed E-state index contributed by atoms with van der Waals surface area (Å²) in [6.07, 6.45) is 6.84. The minimum Gasteiger partial charge on any atom is -0.241 e. The molecule has 0 atom stereocenters. The van der Waals surface area contributed by atoms with Crippen LogP contribution in [0.25, 0.3) is 89.0 Å². The van der Waals surface area contributed by atoms with Crippen molar-refractivity contribution in [1.82, 2.24) is 49.8 Å². The summed E-state index contributed by atoms with van der Waals surface area (Å²) in [5, 5.41) is 0. The summed E-state index contributed by atoms with van der Waals surface area (Å²) < 4.78 is 0. The second-order valence-corrected chi connectivity index (χ2v) is 11.0. The zero-order valence-electron chi connectivity index (χ0n) is 25.2. The van der Waals surface area contributed by atoms with Gasteiger partial charge in [0.25, 0.3) is 0 Å². The van der Waals surface area contributed by atoms with E-state index in [4.69, 9.17) is 29.9 Å². The quantitative estimate of drug-likeness (QED) is 0.191. The molecule has 0 aliphatic carbocycles. The summed E-state index contributed by atoms with van der Waals surface area (Å²) in [7, 11) is 0. The van der Waals surface area contributed by atoms with Crippen molar-refractivity contribution in [2.45, 2.75) is 0 Å². The normalized spacial score (nSPS) is 11.3. The van der Waals surface area contributed by atoms with Crippen LogP contribution < -0.4 is 0 Å². The molecule has 0 N–H and O–H groups in total. The Labute approximate surface area is 272 Å². The SMILES string of the molecule is c1ccc(-c2cc3nc(c2)c2nccc(n2)c2ccnc(n2)c2cc(-c4ccccc4)cc(n2)c2nccc(n2)c2ccnc3n2)cc1. The van der Waals surface area contributed by atoms with E-state index in [0.717, 1.165) is 22.3 Å². The third-order valence-corrected chi connectivity index (χ3v) is 7.93. The van der Waals surface area contributed by atoms with E-state index in [-0.39, 0.29) is 0 Å². The van der Waals surface area contributed by atoms with E-state index in [1.165, 1.54) is 0 Å². The molecule has 0 aliphatic rings. The molecule has 0 spiro atoms. The lowest BCUT2D eigenvalue weighted by Crippen LogP contribution is -1.92. The van der Waals surface area contributed by atoms with Gasteiger partial charge in [-0.1, -0.05) is 60.7 Å². The first-order valence-electron chi connectivity index (χ1n) is 15.2. The predicted molar refractivity (Wildman–Crippen MR) is 187 cm³/mol. The van der Waals surface area contributed by atoms with Crippen LogP contribution in [0.5, 0.6) is 0 Å². The molecule has 0 radical (unpaired) electrons. The Morgan fingerprint density at radius 3 is 0.833 bits per heavy atom. The molecule has 0 saturated carbocycles. The molecule has 9 rings (SSSR count). The Morgan fingerprint density at radius 2 is 0.542 bits per heavy atom. The van der Waals surface area contributed by atoms with Crippen molar-refractivity contribution in [2.75, 3.05) is 0 Å². The number of rotatable bonds is 2. The maximum atomic E-state index is 4.96. The van der Waals surface area contributed by atoms with Gasteiger partial charge in [-0.05, 0) is 70.8 Å². The van der Waals surface area contributed by atoms with Crippen LogP contribution in [-0.2, 0) is 0 Å². The maximum Gasteiger partial charge on any atom is 0.178 e. The molecule has 7 aromatic heterocycles. The van der Waals surface area contributed by atoms with Crippen molar-refractivity contribution < 1.29 is 0 Å². The number of benzene rings is 2. The lowest BCUT2D eigenvalue weighted by molar-refractivity contribution is 1.25. The molecule has 0 unspecified atom stereocenters. The zero-order valence-corrected chi connectivity index (χ0v) is 25.2. The van der Waals surface area contributed by atoms with Gasteiger partial charge in [0.15, 0.2) is 22.6 Å². The first kappa shape index (κ1) is 27.4. The van der Waals surface area contributed by atoms with Crippen LogP contribution in [0.15, 0.2) is 134 Å². The first-order valence-corrected chi connectivity index (χ1v) is 15.2. The van der Waals surface area contributed by atoms with E-state index in [1.54, 1.807) is 24.8 Å². The number of hydrogen-bond donors (Lipinski definition) is 0. The van der Waals surface area contributed by atoms with Crippen molar-refractivity contribution in [3.8, 4) is 22.3 Å². The van der Waals surface area contributed by atoms with E-state index < -0.39 is 0 Å². The lowest BCUT2D eigenvalue weighted by atomic mass is 10.1. The molecule has 2 aromatic carbocycles. The number of pyridine rings is 2. The highest BCUT2D eigenvalue weighted by Gasteiger charge is 2.09. The molecule has 0 aliphatic heterocycles. The van der Waals surface area contributed by atoms with Crippen LogP contribution in [0.4, 0.5) is 0 Å². The number of nitrogens with zero attached hydrogens (tertiary/aromatic N) is 10. The topological polar surface area (TPSA) is 129 Å². The Morgan fingerprint density at radius 1 is 0.250 bits per heavy atom. The summed E-state index contributed by atoms with van der Waals surface area (Å²) in [6.45, 7) is 0. The van der Waals surface area contributed by atoms with E-state index in [9.17, 15) is 0 Å². The summed E-state index contributed by atoms with van der Waals surface area (Å²) >= 11 is 0. The van der Waals surface area contributed by atoms with E-state index in [1.807, 2.05) is 109 Å². The van der Waals surface area contributed by atoms with Gasteiger partial charge in [-0.25, -0.2) is 49.8 Å². The van der Waals surface area contributed by atoms with Crippen LogP contribution in [0.3, 0.4) is 0 Å². The summed E-state index contributed by atoms with van der Waals surface area (Å²) in [4.78, 5) is 48.1. The first-order chi connectivity index (χ1) is 23.7. The van der Waals surface area contributed by atoms with Gasteiger partial charge in [0.1, 0.15) is 22.1 Å². The van der Waals surface area contributed by atoms with Crippen LogP contribution in [0.2, 0.25) is 0 Å². The molecule has 224 valence electrons. The third kappa shape index (κ3) is 5.13. The van der Waals surface area contributed by atoms with Crippen molar-refractivity contribution in [1.29, 1.82) is 0 Å². The average Bonchev–Trinajstić information content (AvgIpc) is 3.18. The summed E-state index contributed by atoms with van der Waals surface area (Å²) in [6, 6.07) is 35.3. The fourth-order valence-electron chi connectivity index (χ4n) is 5.61. The standard InChI is InChI=1S/C38H22N10/c1-3-7-23(8-4-1)25-19-31-35-39-15-11-27(45-35)29-13-17-41-37(47-29)33-21-26(24-9-5-2-6-10-24)22-34(44-33)38-42-18-14-30(48-38)28-12-16-40-36(46-28)32(20-25)43-31/h1-22H. The van der Waals surface area contributed by atoms with Crippen LogP contribution >= 0.6 is 0 Å². The fourth-order valence-corrected chi connectivity index (χ4v) is 5.61. The monoisotopic (exact) mass is 618 g/mol. The van der Waals surface area contributed by atoms with E-state index in [0.29, 0.717) is 66.7 Å². The van der Waals surface area contributed by atoms with Crippen LogP contribution in [-0.4, -0.2) is 49.8 Å². The fraction of sp³-hybridized carbons (Fsp3) is 0. The molecular formula is C38H22N10. The zero-order chi connectivity index (χ0) is 31.9. The van der Waals surface area contributed by atoms with Gasteiger partial charge in [-0.3, -0.25) is 0 Å². The van der Waals surface area contributed by atoms with Crippen LogP contribution in [0.1, 0.15) is 0 Å². The molecule has 48 heavy (non-hydrogen) atoms. The van der Waals surface area contributed by atoms with Crippen molar-refractivity contribution in [2.24, 2.45) is 0 Å². The van der Waals surface area contributed by atoms with Gasteiger partial charge in [0.2, 0.25) is 0 Å². The maximum absolute atomic E-state index is 4.96.